The molecule has 3 heterocycles. The molecule has 33 heavy (non-hydrogen) atoms. The number of fused-ring (bicyclic) bond motifs is 1. The van der Waals surface area contributed by atoms with Crippen molar-refractivity contribution >= 4 is 11.1 Å². The minimum absolute atomic E-state index is 0.0648. The van der Waals surface area contributed by atoms with E-state index in [-0.39, 0.29) is 11.9 Å². The van der Waals surface area contributed by atoms with Crippen LogP contribution in [-0.4, -0.2) is 31.0 Å². The Balaban J connectivity index is 0.000000406. The molecule has 0 atom stereocenters. The summed E-state index contributed by atoms with van der Waals surface area (Å²) in [6.45, 7) is 0. The van der Waals surface area contributed by atoms with E-state index in [9.17, 15) is 4.39 Å². The second-order valence-electron chi connectivity index (χ2n) is 8.04. The minimum Gasteiger partial charge on any atom is -0.438 e. The summed E-state index contributed by atoms with van der Waals surface area (Å²) in [7, 11) is 1.85. The molecular formula is C26H23FN4O2. The van der Waals surface area contributed by atoms with Crippen LogP contribution in [0, 0.1) is 5.82 Å². The van der Waals surface area contributed by atoms with Gasteiger partial charge in [0.15, 0.2) is 0 Å². The predicted octanol–water partition coefficient (Wildman–Crippen LogP) is 5.63. The number of furan rings is 1. The Labute approximate surface area is 190 Å². The lowest BCUT2D eigenvalue weighted by Gasteiger charge is -2.17. The Hall–Kier alpha value is -3.84. The zero-order valence-electron chi connectivity index (χ0n) is 18.1. The molecule has 7 heteroatoms. The van der Waals surface area contributed by atoms with E-state index >= 15 is 0 Å². The number of aliphatic hydroxyl groups is 1. The highest BCUT2D eigenvalue weighted by Gasteiger charge is 2.19. The number of aryl methyl sites for hydroxylation is 1. The van der Waals surface area contributed by atoms with Gasteiger partial charge in [0.1, 0.15) is 17.9 Å². The van der Waals surface area contributed by atoms with E-state index in [1.54, 1.807) is 23.0 Å². The molecule has 3 aromatic heterocycles. The second-order valence-corrected chi connectivity index (χ2v) is 8.04. The van der Waals surface area contributed by atoms with Crippen LogP contribution in [0.2, 0.25) is 0 Å². The first-order chi connectivity index (χ1) is 16.1. The maximum absolute atomic E-state index is 13.4. The van der Waals surface area contributed by atoms with Gasteiger partial charge in [-0.1, -0.05) is 30.3 Å². The van der Waals surface area contributed by atoms with E-state index in [0.29, 0.717) is 5.71 Å². The van der Waals surface area contributed by atoms with Gasteiger partial charge >= 0.3 is 0 Å². The van der Waals surface area contributed by atoms with Gasteiger partial charge in [-0.05, 0) is 49.6 Å². The van der Waals surface area contributed by atoms with Gasteiger partial charge < -0.3 is 9.52 Å². The molecule has 1 aliphatic rings. The SMILES string of the molecule is Cn1ncc(-c2ncnc3oc(-c4ccccc4)cc23)c1-c1ccc(F)cc1.OC1CCC1. The van der Waals surface area contributed by atoms with Crippen molar-refractivity contribution in [3.05, 3.63) is 79.0 Å². The van der Waals surface area contributed by atoms with Gasteiger partial charge in [-0.2, -0.15) is 5.10 Å². The zero-order valence-corrected chi connectivity index (χ0v) is 18.1. The molecule has 0 bridgehead atoms. The molecule has 0 spiro atoms. The summed E-state index contributed by atoms with van der Waals surface area (Å²) < 4.78 is 21.1. The number of aromatic nitrogens is 4. The average molecular weight is 442 g/mol. The lowest BCUT2D eigenvalue weighted by Crippen LogP contribution is -2.15. The summed E-state index contributed by atoms with van der Waals surface area (Å²) in [5, 5.41) is 13.6. The first-order valence-electron chi connectivity index (χ1n) is 10.9. The van der Waals surface area contributed by atoms with E-state index in [1.165, 1.54) is 24.9 Å². The Morgan fingerprint density at radius 2 is 1.73 bits per heavy atom. The molecule has 0 radical (unpaired) electrons. The summed E-state index contributed by atoms with van der Waals surface area (Å²) >= 11 is 0. The van der Waals surface area contributed by atoms with E-state index in [1.807, 2.05) is 43.4 Å². The Morgan fingerprint density at radius 1 is 1.00 bits per heavy atom. The monoisotopic (exact) mass is 442 g/mol. The van der Waals surface area contributed by atoms with Crippen molar-refractivity contribution in [3.63, 3.8) is 0 Å². The van der Waals surface area contributed by atoms with E-state index in [0.717, 1.165) is 52.1 Å². The van der Waals surface area contributed by atoms with Gasteiger partial charge in [-0.15, -0.1) is 0 Å². The van der Waals surface area contributed by atoms with Gasteiger partial charge in [0.25, 0.3) is 0 Å². The van der Waals surface area contributed by atoms with Crippen molar-refractivity contribution in [2.75, 3.05) is 0 Å². The van der Waals surface area contributed by atoms with E-state index < -0.39 is 0 Å². The zero-order chi connectivity index (χ0) is 22.8. The standard InChI is InChI=1S/C22H15FN4O.C4H8O/c1-27-21(15-7-9-16(23)10-8-15)18(12-26-27)20-17-11-19(14-5-3-2-4-6-14)28-22(17)25-13-24-20;5-4-2-1-3-4/h2-13H,1H3;4-5H,1-3H2. The van der Waals surface area contributed by atoms with Crippen LogP contribution in [0.15, 0.2) is 77.6 Å². The fraction of sp³-hybridized carbons (Fsp3) is 0.192. The number of benzene rings is 2. The third-order valence-corrected chi connectivity index (χ3v) is 5.77. The molecule has 6 nitrogen and oxygen atoms in total. The van der Waals surface area contributed by atoms with Crippen LogP contribution in [0.5, 0.6) is 0 Å². The number of aliphatic hydroxyl groups excluding tert-OH is 1. The Bertz CT molecular complexity index is 1370. The Kier molecular flexibility index (Phi) is 5.71. The fourth-order valence-electron chi connectivity index (χ4n) is 3.76. The molecule has 1 fully saturated rings. The molecule has 5 aromatic rings. The van der Waals surface area contributed by atoms with Crippen molar-refractivity contribution in [3.8, 4) is 33.8 Å². The van der Waals surface area contributed by atoms with Crippen LogP contribution >= 0.6 is 0 Å². The lowest BCUT2D eigenvalue weighted by molar-refractivity contribution is 0.0950. The smallest absolute Gasteiger partial charge is 0.230 e. The van der Waals surface area contributed by atoms with Crippen molar-refractivity contribution in [2.45, 2.75) is 25.4 Å². The largest absolute Gasteiger partial charge is 0.438 e. The molecule has 1 aliphatic carbocycles. The first kappa shape index (κ1) is 21.0. The van der Waals surface area contributed by atoms with Crippen LogP contribution in [0.25, 0.3) is 44.9 Å². The summed E-state index contributed by atoms with van der Waals surface area (Å²) in [5.41, 5.74) is 4.75. The van der Waals surface area contributed by atoms with Crippen LogP contribution < -0.4 is 0 Å². The summed E-state index contributed by atoms with van der Waals surface area (Å²) in [6, 6.07) is 18.1. The molecule has 2 aromatic carbocycles. The quantitative estimate of drug-likeness (QED) is 0.392. The molecule has 0 amide bonds. The maximum atomic E-state index is 13.4. The van der Waals surface area contributed by atoms with Crippen LogP contribution in [0.1, 0.15) is 19.3 Å². The highest BCUT2D eigenvalue weighted by atomic mass is 19.1. The van der Waals surface area contributed by atoms with E-state index in [4.69, 9.17) is 9.52 Å². The van der Waals surface area contributed by atoms with Crippen molar-refractivity contribution < 1.29 is 13.9 Å². The van der Waals surface area contributed by atoms with Crippen molar-refractivity contribution in [1.29, 1.82) is 0 Å². The molecule has 1 N–H and O–H groups in total. The molecule has 0 saturated heterocycles. The predicted molar refractivity (Wildman–Crippen MR) is 125 cm³/mol. The van der Waals surface area contributed by atoms with Gasteiger partial charge in [-0.25, -0.2) is 14.4 Å². The highest BCUT2D eigenvalue weighted by molar-refractivity contribution is 5.96. The molecule has 166 valence electrons. The summed E-state index contributed by atoms with van der Waals surface area (Å²) in [4.78, 5) is 8.78. The molecular weight excluding hydrogens is 419 g/mol. The fourth-order valence-corrected chi connectivity index (χ4v) is 3.76. The first-order valence-corrected chi connectivity index (χ1v) is 10.9. The Morgan fingerprint density at radius 3 is 2.39 bits per heavy atom. The number of nitrogens with zero attached hydrogens (tertiary/aromatic N) is 4. The molecule has 0 aliphatic heterocycles. The van der Waals surface area contributed by atoms with Gasteiger partial charge in [0, 0.05) is 23.7 Å². The normalized spacial score (nSPS) is 13.4. The minimum atomic E-state index is -0.278. The average Bonchev–Trinajstić information content (AvgIpc) is 3.43. The van der Waals surface area contributed by atoms with Crippen LogP contribution in [-0.2, 0) is 7.05 Å². The van der Waals surface area contributed by atoms with E-state index in [2.05, 4.69) is 15.1 Å². The molecule has 0 unspecified atom stereocenters. The van der Waals surface area contributed by atoms with Crippen LogP contribution in [0.3, 0.4) is 0 Å². The van der Waals surface area contributed by atoms with Gasteiger partial charge in [0.05, 0.1) is 29.1 Å². The summed E-state index contributed by atoms with van der Waals surface area (Å²) in [5.74, 6) is 0.448. The molecule has 6 rings (SSSR count). The number of rotatable bonds is 3. The van der Waals surface area contributed by atoms with Gasteiger partial charge in [-0.3, -0.25) is 4.68 Å². The van der Waals surface area contributed by atoms with Crippen molar-refractivity contribution in [2.24, 2.45) is 7.05 Å². The highest BCUT2D eigenvalue weighted by Crippen LogP contribution is 2.36. The van der Waals surface area contributed by atoms with Crippen molar-refractivity contribution in [1.82, 2.24) is 19.7 Å². The third kappa shape index (κ3) is 4.27. The lowest BCUT2D eigenvalue weighted by atomic mass is 9.97. The van der Waals surface area contributed by atoms with Gasteiger partial charge in [0.2, 0.25) is 5.71 Å². The number of hydrogen-bond donors (Lipinski definition) is 1. The third-order valence-electron chi connectivity index (χ3n) is 5.77. The van der Waals surface area contributed by atoms with Crippen LogP contribution in [0.4, 0.5) is 4.39 Å². The topological polar surface area (TPSA) is 77.0 Å². The number of hydrogen-bond acceptors (Lipinski definition) is 5. The summed E-state index contributed by atoms with van der Waals surface area (Å²) in [6.07, 6.45) is 6.63. The molecule has 1 saturated carbocycles. The number of halogens is 1. The maximum Gasteiger partial charge on any atom is 0.230 e. The second kappa shape index (κ2) is 8.96.